The van der Waals surface area contributed by atoms with Crippen molar-refractivity contribution in [3.05, 3.63) is 17.7 Å². The van der Waals surface area contributed by atoms with Crippen molar-refractivity contribution in [3.8, 4) is 0 Å². The largest absolute Gasteiger partial charge is 0.393 e. The maximum Gasteiger partial charge on any atom is 0.122 e. The molecule has 3 rings (SSSR count). The maximum absolute atomic E-state index is 9.63. The van der Waals surface area contributed by atoms with Crippen LogP contribution >= 0.6 is 11.8 Å². The summed E-state index contributed by atoms with van der Waals surface area (Å²) in [6, 6.07) is 0. The predicted octanol–water partition coefficient (Wildman–Crippen LogP) is 2.15. The van der Waals surface area contributed by atoms with Crippen molar-refractivity contribution >= 4 is 11.8 Å². The first-order valence-electron chi connectivity index (χ1n) is 6.18. The molecule has 1 N–H and O–H groups in total. The third kappa shape index (κ3) is 1.89. The number of aromatic nitrogens is 2. The van der Waals surface area contributed by atoms with Gasteiger partial charge in [0.05, 0.1) is 11.4 Å². The minimum absolute atomic E-state index is 0.156. The van der Waals surface area contributed by atoms with E-state index in [-0.39, 0.29) is 6.10 Å². The van der Waals surface area contributed by atoms with E-state index < -0.39 is 0 Å². The van der Waals surface area contributed by atoms with E-state index in [9.17, 15) is 5.11 Å². The summed E-state index contributed by atoms with van der Waals surface area (Å²) in [5.41, 5.74) is 1.22. The van der Waals surface area contributed by atoms with Crippen LogP contribution in [0, 0.1) is 0 Å². The Kier molecular flexibility index (Phi) is 2.94. The maximum atomic E-state index is 9.63. The highest BCUT2D eigenvalue weighted by atomic mass is 32.2. The average molecular weight is 238 g/mol. The first-order chi connectivity index (χ1) is 7.84. The van der Waals surface area contributed by atoms with Crippen LogP contribution in [0.15, 0.2) is 6.20 Å². The van der Waals surface area contributed by atoms with Gasteiger partial charge in [-0.05, 0) is 25.0 Å². The topological polar surface area (TPSA) is 38.0 Å². The molecule has 0 bridgehead atoms. The molecule has 16 heavy (non-hydrogen) atoms. The molecule has 0 spiro atoms. The molecule has 2 aliphatic heterocycles. The summed E-state index contributed by atoms with van der Waals surface area (Å²) in [4.78, 5) is 4.59. The number of fused-ring (bicyclic) bond motifs is 1. The van der Waals surface area contributed by atoms with Gasteiger partial charge in [0.15, 0.2) is 0 Å². The number of aliphatic hydroxyl groups excluding tert-OH is 1. The van der Waals surface area contributed by atoms with Gasteiger partial charge >= 0.3 is 0 Å². The van der Waals surface area contributed by atoms with Gasteiger partial charge < -0.3 is 9.67 Å². The molecule has 3 nitrogen and oxygen atoms in total. The zero-order valence-electron chi connectivity index (χ0n) is 9.43. The van der Waals surface area contributed by atoms with Crippen LogP contribution in [0.3, 0.4) is 0 Å². The zero-order valence-corrected chi connectivity index (χ0v) is 10.2. The minimum Gasteiger partial charge on any atom is -0.393 e. The molecule has 1 aromatic heterocycles. The zero-order chi connectivity index (χ0) is 11.0. The van der Waals surface area contributed by atoms with E-state index in [0.717, 1.165) is 19.4 Å². The van der Waals surface area contributed by atoms with Gasteiger partial charge in [-0.25, -0.2) is 4.98 Å². The van der Waals surface area contributed by atoms with Gasteiger partial charge in [0.1, 0.15) is 5.82 Å². The molecule has 0 aliphatic carbocycles. The average Bonchev–Trinajstić information content (AvgIpc) is 2.73. The second-order valence-electron chi connectivity index (χ2n) is 4.76. The van der Waals surface area contributed by atoms with Crippen molar-refractivity contribution in [1.29, 1.82) is 0 Å². The van der Waals surface area contributed by atoms with E-state index in [1.54, 1.807) is 0 Å². The van der Waals surface area contributed by atoms with E-state index in [2.05, 4.69) is 9.55 Å². The quantitative estimate of drug-likeness (QED) is 0.814. The fraction of sp³-hybridized carbons (Fsp3) is 0.750. The van der Waals surface area contributed by atoms with E-state index >= 15 is 0 Å². The lowest BCUT2D eigenvalue weighted by molar-refractivity contribution is 0.142. The van der Waals surface area contributed by atoms with Crippen LogP contribution in [-0.2, 0) is 13.0 Å². The van der Waals surface area contributed by atoms with Gasteiger partial charge in [-0.2, -0.15) is 11.8 Å². The molecule has 1 saturated heterocycles. The molecular formula is C12H18N2OS. The van der Waals surface area contributed by atoms with Crippen molar-refractivity contribution < 1.29 is 5.11 Å². The Bertz CT molecular complexity index is 371. The summed E-state index contributed by atoms with van der Waals surface area (Å²) in [5, 5.41) is 10.2. The molecule has 4 heteroatoms. The van der Waals surface area contributed by atoms with Gasteiger partial charge in [0.25, 0.3) is 0 Å². The Labute approximate surface area is 100 Å². The Morgan fingerprint density at radius 1 is 1.38 bits per heavy atom. The monoisotopic (exact) mass is 238 g/mol. The molecule has 88 valence electrons. The first-order valence-corrected chi connectivity index (χ1v) is 7.23. The second-order valence-corrected chi connectivity index (χ2v) is 6.07. The smallest absolute Gasteiger partial charge is 0.122 e. The van der Waals surface area contributed by atoms with Crippen molar-refractivity contribution in [2.75, 3.05) is 5.75 Å². The third-order valence-electron chi connectivity index (χ3n) is 3.57. The predicted molar refractivity (Wildman–Crippen MR) is 65.6 cm³/mol. The minimum atomic E-state index is -0.156. The molecule has 1 fully saturated rings. The molecule has 2 atom stereocenters. The molecule has 0 aromatic carbocycles. The lowest BCUT2D eigenvalue weighted by atomic mass is 10.1. The summed E-state index contributed by atoms with van der Waals surface area (Å²) in [6.07, 6.45) is 7.43. The number of imidazole rings is 1. The van der Waals surface area contributed by atoms with Crippen molar-refractivity contribution in [1.82, 2.24) is 9.55 Å². The van der Waals surface area contributed by atoms with Gasteiger partial charge in [0.2, 0.25) is 0 Å². The van der Waals surface area contributed by atoms with Gasteiger partial charge in [-0.1, -0.05) is 6.42 Å². The Hall–Kier alpha value is -0.480. The Morgan fingerprint density at radius 3 is 3.12 bits per heavy atom. The van der Waals surface area contributed by atoms with Gasteiger partial charge in [-0.15, -0.1) is 0 Å². The van der Waals surface area contributed by atoms with Crippen molar-refractivity contribution in [2.24, 2.45) is 0 Å². The van der Waals surface area contributed by atoms with E-state index in [0.29, 0.717) is 5.25 Å². The van der Waals surface area contributed by atoms with Crippen LogP contribution in [0.5, 0.6) is 0 Å². The normalized spacial score (nSPS) is 30.1. The van der Waals surface area contributed by atoms with Crippen LogP contribution < -0.4 is 0 Å². The molecule has 2 aliphatic rings. The number of aliphatic hydroxyl groups is 1. The molecule has 0 saturated carbocycles. The summed E-state index contributed by atoms with van der Waals surface area (Å²) >= 11 is 2.05. The summed E-state index contributed by atoms with van der Waals surface area (Å²) in [6.45, 7) is 0.947. The van der Waals surface area contributed by atoms with Crippen LogP contribution in [0.2, 0.25) is 0 Å². The molecular weight excluding hydrogens is 220 g/mol. The van der Waals surface area contributed by atoms with Crippen LogP contribution in [0.4, 0.5) is 0 Å². The third-order valence-corrected chi connectivity index (χ3v) is 4.94. The SMILES string of the molecule is OC1CCn2c(cnc2C2CCCCS2)C1. The second kappa shape index (κ2) is 4.41. The number of rotatable bonds is 1. The van der Waals surface area contributed by atoms with Crippen LogP contribution in [-0.4, -0.2) is 26.5 Å². The highest BCUT2D eigenvalue weighted by Gasteiger charge is 2.25. The summed E-state index contributed by atoms with van der Waals surface area (Å²) in [7, 11) is 0. The lowest BCUT2D eigenvalue weighted by Crippen LogP contribution is -2.24. The summed E-state index contributed by atoms with van der Waals surface area (Å²) < 4.78 is 2.34. The highest BCUT2D eigenvalue weighted by Crippen LogP contribution is 2.38. The Morgan fingerprint density at radius 2 is 2.31 bits per heavy atom. The molecule has 0 radical (unpaired) electrons. The van der Waals surface area contributed by atoms with Crippen LogP contribution in [0.25, 0.3) is 0 Å². The fourth-order valence-corrected chi connectivity index (χ4v) is 4.00. The molecule has 1 aromatic rings. The van der Waals surface area contributed by atoms with Gasteiger partial charge in [0, 0.05) is 24.9 Å². The van der Waals surface area contributed by atoms with Crippen LogP contribution in [0.1, 0.15) is 42.5 Å². The summed E-state index contributed by atoms with van der Waals surface area (Å²) in [5.74, 6) is 2.53. The first kappa shape index (κ1) is 10.7. The molecule has 0 amide bonds. The molecule has 3 heterocycles. The number of hydrogen-bond donors (Lipinski definition) is 1. The van der Waals surface area contributed by atoms with E-state index in [1.807, 2.05) is 18.0 Å². The van der Waals surface area contributed by atoms with Crippen molar-refractivity contribution in [2.45, 2.75) is 50.0 Å². The number of thioether (sulfide) groups is 1. The highest BCUT2D eigenvalue weighted by molar-refractivity contribution is 7.99. The van der Waals surface area contributed by atoms with Gasteiger partial charge in [-0.3, -0.25) is 0 Å². The molecule has 2 unspecified atom stereocenters. The Balaban J connectivity index is 1.85. The number of nitrogens with zero attached hydrogens (tertiary/aromatic N) is 2. The standard InChI is InChI=1S/C12H18N2OS/c15-10-4-5-14-9(7-10)8-13-12(14)11-3-1-2-6-16-11/h8,10-11,15H,1-7H2. The lowest BCUT2D eigenvalue weighted by Gasteiger charge is -2.25. The van der Waals surface area contributed by atoms with Crippen molar-refractivity contribution in [3.63, 3.8) is 0 Å². The number of hydrogen-bond acceptors (Lipinski definition) is 3. The van der Waals surface area contributed by atoms with E-state index in [4.69, 9.17) is 0 Å². The fourth-order valence-electron chi connectivity index (χ4n) is 2.67. The van der Waals surface area contributed by atoms with E-state index in [1.165, 1.54) is 36.5 Å².